The summed E-state index contributed by atoms with van der Waals surface area (Å²) in [4.78, 5) is 4.54. The van der Waals surface area contributed by atoms with Gasteiger partial charge in [-0.15, -0.1) is 0 Å². The van der Waals surface area contributed by atoms with Crippen molar-refractivity contribution in [2.45, 2.75) is 44.9 Å². The molecule has 0 amide bonds. The highest BCUT2D eigenvalue weighted by Crippen LogP contribution is 2.32. The summed E-state index contributed by atoms with van der Waals surface area (Å²) in [6.07, 6.45) is 6.15. The van der Waals surface area contributed by atoms with Gasteiger partial charge in [0.1, 0.15) is 5.75 Å². The summed E-state index contributed by atoms with van der Waals surface area (Å²) < 4.78 is 5.38. The van der Waals surface area contributed by atoms with Gasteiger partial charge in [-0.05, 0) is 43.5 Å². The molecule has 1 fully saturated rings. The Morgan fingerprint density at radius 1 is 1.21 bits per heavy atom. The summed E-state index contributed by atoms with van der Waals surface area (Å²) in [5.41, 5.74) is 1.84. The van der Waals surface area contributed by atoms with E-state index in [1.165, 1.54) is 19.3 Å². The van der Waals surface area contributed by atoms with E-state index in [1.807, 2.05) is 13.0 Å². The van der Waals surface area contributed by atoms with Gasteiger partial charge in [0.25, 0.3) is 5.89 Å². The molecule has 4 heteroatoms. The molecule has 1 aromatic heterocycles. The van der Waals surface area contributed by atoms with E-state index >= 15 is 0 Å². The molecule has 2 aromatic rings. The van der Waals surface area contributed by atoms with Crippen LogP contribution in [0.4, 0.5) is 0 Å². The third-order valence-corrected chi connectivity index (χ3v) is 3.85. The molecule has 0 spiro atoms. The first-order chi connectivity index (χ1) is 9.24. The Bertz CT molecular complexity index is 571. The molecule has 0 unspecified atom stereocenters. The molecular weight excluding hydrogens is 240 g/mol. The number of aryl methyl sites for hydroxylation is 1. The predicted octanol–water partition coefficient (Wildman–Crippen LogP) is 3.80. The molecule has 0 radical (unpaired) electrons. The number of hydrogen-bond donors (Lipinski definition) is 1. The van der Waals surface area contributed by atoms with E-state index in [1.54, 1.807) is 12.1 Å². The van der Waals surface area contributed by atoms with E-state index in [4.69, 9.17) is 4.52 Å². The van der Waals surface area contributed by atoms with Crippen LogP contribution in [0.5, 0.6) is 5.75 Å². The first-order valence-corrected chi connectivity index (χ1v) is 6.87. The molecule has 4 nitrogen and oxygen atoms in total. The average molecular weight is 258 g/mol. The molecule has 100 valence electrons. The molecule has 1 saturated carbocycles. The summed E-state index contributed by atoms with van der Waals surface area (Å²) in [5.74, 6) is 2.09. The van der Waals surface area contributed by atoms with Crippen LogP contribution in [0, 0.1) is 6.92 Å². The van der Waals surface area contributed by atoms with Crippen LogP contribution in [-0.2, 0) is 0 Å². The summed E-state index contributed by atoms with van der Waals surface area (Å²) in [6.45, 7) is 1.93. The van der Waals surface area contributed by atoms with E-state index in [2.05, 4.69) is 10.1 Å². The normalized spacial score (nSPS) is 16.7. The Balaban J connectivity index is 1.87. The topological polar surface area (TPSA) is 59.2 Å². The number of nitrogens with zero attached hydrogens (tertiary/aromatic N) is 2. The molecule has 3 rings (SSSR count). The van der Waals surface area contributed by atoms with E-state index in [0.717, 1.165) is 29.8 Å². The number of phenols is 1. The van der Waals surface area contributed by atoms with Gasteiger partial charge in [0, 0.05) is 11.5 Å². The van der Waals surface area contributed by atoms with Crippen molar-refractivity contribution < 1.29 is 9.63 Å². The molecule has 0 atom stereocenters. The maximum atomic E-state index is 9.43. The first kappa shape index (κ1) is 12.2. The van der Waals surface area contributed by atoms with Gasteiger partial charge in [0.05, 0.1) is 0 Å². The fourth-order valence-electron chi connectivity index (χ4n) is 2.76. The first-order valence-electron chi connectivity index (χ1n) is 6.87. The minimum Gasteiger partial charge on any atom is -0.508 e. The molecule has 1 N–H and O–H groups in total. The van der Waals surface area contributed by atoms with Crippen LogP contribution in [0.25, 0.3) is 11.5 Å². The second-order valence-corrected chi connectivity index (χ2v) is 5.29. The number of aromatic hydroxyl groups is 1. The summed E-state index contributed by atoms with van der Waals surface area (Å²) in [6, 6.07) is 5.18. The van der Waals surface area contributed by atoms with E-state index in [-0.39, 0.29) is 5.75 Å². The van der Waals surface area contributed by atoms with Crippen LogP contribution >= 0.6 is 0 Å². The van der Waals surface area contributed by atoms with Gasteiger partial charge in [-0.25, -0.2) is 0 Å². The van der Waals surface area contributed by atoms with Crippen LogP contribution < -0.4 is 0 Å². The Kier molecular flexibility index (Phi) is 3.23. The second kappa shape index (κ2) is 5.03. The molecule has 19 heavy (non-hydrogen) atoms. The lowest BCUT2D eigenvalue weighted by atomic mass is 9.89. The highest BCUT2D eigenvalue weighted by Gasteiger charge is 2.21. The lowest BCUT2D eigenvalue weighted by Gasteiger charge is -2.17. The number of aromatic nitrogens is 2. The predicted molar refractivity (Wildman–Crippen MR) is 72.0 cm³/mol. The smallest absolute Gasteiger partial charge is 0.258 e. The van der Waals surface area contributed by atoms with Crippen LogP contribution in [-0.4, -0.2) is 15.2 Å². The molecular formula is C15H18N2O2. The van der Waals surface area contributed by atoms with Crippen LogP contribution in [0.3, 0.4) is 0 Å². The maximum absolute atomic E-state index is 9.43. The fourth-order valence-corrected chi connectivity index (χ4v) is 2.76. The van der Waals surface area contributed by atoms with Gasteiger partial charge in [-0.2, -0.15) is 4.98 Å². The van der Waals surface area contributed by atoms with Crippen molar-refractivity contribution in [1.82, 2.24) is 10.1 Å². The summed E-state index contributed by atoms with van der Waals surface area (Å²) >= 11 is 0. The SMILES string of the molecule is Cc1cc(O)ccc1-c1nc(C2CCCCC2)no1. The molecule has 1 heterocycles. The van der Waals surface area contributed by atoms with Crippen molar-refractivity contribution in [3.8, 4) is 17.2 Å². The minimum absolute atomic E-state index is 0.258. The highest BCUT2D eigenvalue weighted by molar-refractivity contribution is 5.59. The van der Waals surface area contributed by atoms with Crippen molar-refractivity contribution in [2.24, 2.45) is 0 Å². The van der Waals surface area contributed by atoms with Crippen molar-refractivity contribution in [1.29, 1.82) is 0 Å². The number of hydrogen-bond acceptors (Lipinski definition) is 4. The van der Waals surface area contributed by atoms with E-state index in [9.17, 15) is 5.11 Å². The second-order valence-electron chi connectivity index (χ2n) is 5.29. The van der Waals surface area contributed by atoms with Crippen LogP contribution in [0.2, 0.25) is 0 Å². The standard InChI is InChI=1S/C15H18N2O2/c1-10-9-12(18)7-8-13(10)15-16-14(17-19-15)11-5-3-2-4-6-11/h7-9,11,18H,2-6H2,1H3. The van der Waals surface area contributed by atoms with Crippen molar-refractivity contribution in [3.63, 3.8) is 0 Å². The lowest BCUT2D eigenvalue weighted by molar-refractivity contribution is 0.385. The van der Waals surface area contributed by atoms with E-state index in [0.29, 0.717) is 11.8 Å². The molecule has 0 aliphatic heterocycles. The van der Waals surface area contributed by atoms with E-state index < -0.39 is 0 Å². The Morgan fingerprint density at radius 2 is 2.00 bits per heavy atom. The summed E-state index contributed by atoms with van der Waals surface area (Å²) in [7, 11) is 0. The highest BCUT2D eigenvalue weighted by atomic mass is 16.5. The third-order valence-electron chi connectivity index (χ3n) is 3.85. The summed E-state index contributed by atoms with van der Waals surface area (Å²) in [5, 5.41) is 13.6. The van der Waals surface area contributed by atoms with Gasteiger partial charge >= 0.3 is 0 Å². The fraction of sp³-hybridized carbons (Fsp3) is 0.467. The van der Waals surface area contributed by atoms with Gasteiger partial charge < -0.3 is 9.63 Å². The Hall–Kier alpha value is -1.84. The van der Waals surface area contributed by atoms with Gasteiger partial charge in [0.2, 0.25) is 0 Å². The Labute approximate surface area is 112 Å². The molecule has 0 bridgehead atoms. The van der Waals surface area contributed by atoms with Crippen molar-refractivity contribution in [3.05, 3.63) is 29.6 Å². The number of benzene rings is 1. The number of rotatable bonds is 2. The maximum Gasteiger partial charge on any atom is 0.258 e. The van der Waals surface area contributed by atoms with Gasteiger partial charge in [0.15, 0.2) is 5.82 Å². The van der Waals surface area contributed by atoms with Crippen LogP contribution in [0.1, 0.15) is 49.4 Å². The average Bonchev–Trinajstić information content (AvgIpc) is 2.89. The third kappa shape index (κ3) is 2.48. The zero-order chi connectivity index (χ0) is 13.2. The molecule has 1 aromatic carbocycles. The van der Waals surface area contributed by atoms with Crippen molar-refractivity contribution >= 4 is 0 Å². The van der Waals surface area contributed by atoms with Crippen molar-refractivity contribution in [2.75, 3.05) is 0 Å². The molecule has 1 aliphatic carbocycles. The molecule has 0 saturated heterocycles. The monoisotopic (exact) mass is 258 g/mol. The largest absolute Gasteiger partial charge is 0.508 e. The zero-order valence-corrected chi connectivity index (χ0v) is 11.1. The zero-order valence-electron chi connectivity index (χ0n) is 11.1. The van der Waals surface area contributed by atoms with Gasteiger partial charge in [-0.3, -0.25) is 0 Å². The van der Waals surface area contributed by atoms with Gasteiger partial charge in [-0.1, -0.05) is 24.4 Å². The molecule has 1 aliphatic rings. The lowest BCUT2D eigenvalue weighted by Crippen LogP contribution is -2.06. The Morgan fingerprint density at radius 3 is 2.74 bits per heavy atom. The quantitative estimate of drug-likeness (QED) is 0.890. The minimum atomic E-state index is 0.258. The number of phenolic OH excluding ortho intramolecular Hbond substituents is 1. The van der Waals surface area contributed by atoms with Crippen LogP contribution in [0.15, 0.2) is 22.7 Å².